The molecule has 0 aromatic heterocycles. The summed E-state index contributed by atoms with van der Waals surface area (Å²) >= 11 is 0. The van der Waals surface area contributed by atoms with Gasteiger partial charge >= 0.3 is 12.0 Å². The molecule has 0 heterocycles. The topological polar surface area (TPSA) is 78.4 Å². The van der Waals surface area contributed by atoms with Crippen molar-refractivity contribution in [2.45, 2.75) is 44.4 Å². The number of aliphatic carboxylic acids is 1. The molecule has 0 bridgehead atoms. The number of benzene rings is 1. The van der Waals surface area contributed by atoms with Crippen LogP contribution in [0.2, 0.25) is 0 Å². The second kappa shape index (κ2) is 7.29. The van der Waals surface area contributed by atoms with E-state index in [1.165, 1.54) is 11.1 Å². The van der Waals surface area contributed by atoms with E-state index in [4.69, 9.17) is 5.11 Å². The number of hydrogen-bond acceptors (Lipinski definition) is 2. The average Bonchev–Trinajstić information content (AvgIpc) is 2.50. The van der Waals surface area contributed by atoms with E-state index in [-0.39, 0.29) is 17.9 Å². The first-order valence-corrected chi connectivity index (χ1v) is 7.83. The Kier molecular flexibility index (Phi) is 5.41. The molecular weight excluding hydrogens is 280 g/mol. The molecular formula is C17H24N2O3. The minimum absolute atomic E-state index is 0.0345. The normalized spacial score (nSPS) is 20.0. The van der Waals surface area contributed by atoms with Gasteiger partial charge in [0.1, 0.15) is 0 Å². The second-order valence-corrected chi connectivity index (χ2v) is 6.18. The third-order valence-corrected chi connectivity index (χ3v) is 4.33. The number of hydrogen-bond donors (Lipinski definition) is 3. The lowest BCUT2D eigenvalue weighted by Gasteiger charge is -2.36. The van der Waals surface area contributed by atoms with Crippen molar-refractivity contribution in [2.24, 2.45) is 0 Å². The van der Waals surface area contributed by atoms with Crippen LogP contribution in [-0.2, 0) is 16.6 Å². The lowest BCUT2D eigenvalue weighted by molar-refractivity contribution is -0.137. The van der Waals surface area contributed by atoms with Gasteiger partial charge < -0.3 is 15.7 Å². The van der Waals surface area contributed by atoms with E-state index < -0.39 is 5.97 Å². The van der Waals surface area contributed by atoms with Gasteiger partial charge in [-0.15, -0.1) is 0 Å². The van der Waals surface area contributed by atoms with Crippen molar-refractivity contribution in [3.63, 3.8) is 0 Å². The molecule has 0 radical (unpaired) electrons. The van der Waals surface area contributed by atoms with Gasteiger partial charge in [0.15, 0.2) is 0 Å². The number of aryl methyl sites for hydroxylation is 1. The van der Waals surface area contributed by atoms with Gasteiger partial charge in [-0.1, -0.05) is 31.2 Å². The predicted molar refractivity (Wildman–Crippen MR) is 85.0 cm³/mol. The third kappa shape index (κ3) is 4.23. The maximum atomic E-state index is 11.8. The smallest absolute Gasteiger partial charge is 0.314 e. The van der Waals surface area contributed by atoms with Crippen LogP contribution in [0.4, 0.5) is 4.79 Å². The molecule has 0 saturated heterocycles. The Morgan fingerprint density at radius 2 is 2.05 bits per heavy atom. The summed E-state index contributed by atoms with van der Waals surface area (Å²) in [7, 11) is 0. The molecule has 2 rings (SSSR count). The summed E-state index contributed by atoms with van der Waals surface area (Å²) in [6.45, 7) is 3.16. The Hall–Kier alpha value is -2.04. The largest absolute Gasteiger partial charge is 0.481 e. The summed E-state index contributed by atoms with van der Waals surface area (Å²) in [5.74, 6) is -0.839. The number of nitrogens with one attached hydrogen (secondary N) is 2. The highest BCUT2D eigenvalue weighted by Crippen LogP contribution is 2.36. The Morgan fingerprint density at radius 3 is 2.82 bits per heavy atom. The molecule has 120 valence electrons. The molecule has 1 aliphatic carbocycles. The molecule has 0 aliphatic heterocycles. The molecule has 5 nitrogen and oxygen atoms in total. The summed E-state index contributed by atoms with van der Waals surface area (Å²) in [6.07, 6.45) is 3.82. The monoisotopic (exact) mass is 304 g/mol. The number of urea groups is 1. The van der Waals surface area contributed by atoms with Gasteiger partial charge in [0.25, 0.3) is 0 Å². The molecule has 1 aliphatic rings. The first-order chi connectivity index (χ1) is 10.5. The fourth-order valence-corrected chi connectivity index (χ4v) is 3.09. The van der Waals surface area contributed by atoms with Crippen LogP contribution in [-0.4, -0.2) is 30.2 Å². The van der Waals surface area contributed by atoms with Crippen molar-refractivity contribution < 1.29 is 14.7 Å². The molecule has 0 fully saturated rings. The number of amides is 2. The van der Waals surface area contributed by atoms with Crippen LogP contribution < -0.4 is 10.6 Å². The van der Waals surface area contributed by atoms with Crippen LogP contribution in [0.15, 0.2) is 24.3 Å². The maximum Gasteiger partial charge on any atom is 0.314 e. The molecule has 1 aromatic carbocycles. The lowest BCUT2D eigenvalue weighted by Crippen LogP contribution is -2.45. The van der Waals surface area contributed by atoms with E-state index in [1.807, 2.05) is 6.07 Å². The Labute approximate surface area is 131 Å². The Morgan fingerprint density at radius 1 is 1.27 bits per heavy atom. The van der Waals surface area contributed by atoms with Crippen LogP contribution >= 0.6 is 0 Å². The van der Waals surface area contributed by atoms with E-state index in [0.717, 1.165) is 19.3 Å². The lowest BCUT2D eigenvalue weighted by atomic mass is 9.71. The first-order valence-electron chi connectivity index (χ1n) is 7.83. The van der Waals surface area contributed by atoms with E-state index in [9.17, 15) is 9.59 Å². The van der Waals surface area contributed by atoms with Crippen LogP contribution in [0.5, 0.6) is 0 Å². The molecule has 2 amide bonds. The number of carbonyl (C=O) groups excluding carboxylic acids is 1. The molecule has 1 atom stereocenters. The highest BCUT2D eigenvalue weighted by atomic mass is 16.4. The van der Waals surface area contributed by atoms with Gasteiger partial charge in [-0.25, -0.2) is 4.79 Å². The van der Waals surface area contributed by atoms with Crippen molar-refractivity contribution in [1.29, 1.82) is 0 Å². The van der Waals surface area contributed by atoms with E-state index in [1.54, 1.807) is 0 Å². The first kappa shape index (κ1) is 16.3. The minimum atomic E-state index is -0.839. The van der Waals surface area contributed by atoms with Crippen molar-refractivity contribution in [1.82, 2.24) is 10.6 Å². The summed E-state index contributed by atoms with van der Waals surface area (Å²) in [5, 5.41) is 14.2. The van der Waals surface area contributed by atoms with E-state index >= 15 is 0 Å². The van der Waals surface area contributed by atoms with E-state index in [0.29, 0.717) is 19.5 Å². The molecule has 22 heavy (non-hydrogen) atoms. The van der Waals surface area contributed by atoms with Gasteiger partial charge in [0.05, 0.1) is 0 Å². The van der Waals surface area contributed by atoms with Gasteiger partial charge in [0.2, 0.25) is 0 Å². The van der Waals surface area contributed by atoms with Crippen molar-refractivity contribution in [3.8, 4) is 0 Å². The van der Waals surface area contributed by atoms with Crippen LogP contribution in [0, 0.1) is 0 Å². The zero-order chi connectivity index (χ0) is 16.0. The molecule has 5 heteroatoms. The number of fused-ring (bicyclic) bond motifs is 1. The fraction of sp³-hybridized carbons (Fsp3) is 0.529. The van der Waals surface area contributed by atoms with Crippen LogP contribution in [0.1, 0.15) is 43.7 Å². The number of carbonyl (C=O) groups is 2. The fourth-order valence-electron chi connectivity index (χ4n) is 3.09. The van der Waals surface area contributed by atoms with Crippen molar-refractivity contribution >= 4 is 12.0 Å². The minimum Gasteiger partial charge on any atom is -0.481 e. The molecule has 3 N–H and O–H groups in total. The maximum absolute atomic E-state index is 11.8. The van der Waals surface area contributed by atoms with Gasteiger partial charge in [0, 0.05) is 24.9 Å². The highest BCUT2D eigenvalue weighted by Gasteiger charge is 2.31. The number of carboxylic acid groups (broad SMARTS) is 1. The predicted octanol–water partition coefficient (Wildman–Crippen LogP) is 2.44. The van der Waals surface area contributed by atoms with Crippen LogP contribution in [0.3, 0.4) is 0 Å². The Balaban J connectivity index is 1.83. The Bertz CT molecular complexity index is 544. The van der Waals surface area contributed by atoms with Gasteiger partial charge in [-0.2, -0.15) is 0 Å². The van der Waals surface area contributed by atoms with Gasteiger partial charge in [-0.05, 0) is 36.8 Å². The van der Waals surface area contributed by atoms with Crippen molar-refractivity contribution in [2.75, 3.05) is 13.1 Å². The molecule has 1 unspecified atom stereocenters. The van der Waals surface area contributed by atoms with E-state index in [2.05, 4.69) is 35.8 Å². The van der Waals surface area contributed by atoms with Gasteiger partial charge in [-0.3, -0.25) is 4.79 Å². The zero-order valence-corrected chi connectivity index (χ0v) is 13.0. The summed E-state index contributed by atoms with van der Waals surface area (Å²) in [5.41, 5.74) is 2.67. The summed E-state index contributed by atoms with van der Waals surface area (Å²) in [4.78, 5) is 22.2. The molecule has 1 aromatic rings. The number of carboxylic acids is 1. The summed E-state index contributed by atoms with van der Waals surface area (Å²) in [6, 6.07) is 8.20. The number of rotatable bonds is 6. The molecule has 0 saturated carbocycles. The molecule has 0 spiro atoms. The van der Waals surface area contributed by atoms with Crippen LogP contribution in [0.25, 0.3) is 0 Å². The third-order valence-electron chi connectivity index (χ3n) is 4.33. The highest BCUT2D eigenvalue weighted by molar-refractivity contribution is 5.74. The SMILES string of the molecule is CC1(CNC(=O)NCCCC(=O)O)CCCc2ccccc21. The average molecular weight is 304 g/mol. The quantitative estimate of drug-likeness (QED) is 0.706. The van der Waals surface area contributed by atoms with Crippen molar-refractivity contribution in [3.05, 3.63) is 35.4 Å². The second-order valence-electron chi connectivity index (χ2n) is 6.18. The summed E-state index contributed by atoms with van der Waals surface area (Å²) < 4.78 is 0. The zero-order valence-electron chi connectivity index (χ0n) is 13.0. The standard InChI is InChI=1S/C17H24N2O3/c1-17(10-4-7-13-6-2-3-8-14(13)17)12-19-16(22)18-11-5-9-15(20)21/h2-3,6,8H,4-5,7,9-12H2,1H3,(H,20,21)(H2,18,19,22).